The minimum Gasteiger partial charge on any atom is -0.478 e. The first-order valence-electron chi connectivity index (χ1n) is 6.26. The van der Waals surface area contributed by atoms with E-state index in [0.29, 0.717) is 17.2 Å². The molecule has 3 nitrogen and oxygen atoms in total. The summed E-state index contributed by atoms with van der Waals surface area (Å²) in [5.74, 6) is -0.487. The molecule has 1 N–H and O–H groups in total. The van der Waals surface area contributed by atoms with Crippen molar-refractivity contribution in [1.82, 2.24) is 0 Å². The molecule has 0 saturated carbocycles. The summed E-state index contributed by atoms with van der Waals surface area (Å²) in [6, 6.07) is 14.4. The Balaban J connectivity index is 2.14. The number of carboxylic acids is 1. The largest absolute Gasteiger partial charge is 0.478 e. The van der Waals surface area contributed by atoms with E-state index < -0.39 is 12.1 Å². The molecule has 2 aromatic rings. The third kappa shape index (κ3) is 3.75. The van der Waals surface area contributed by atoms with Crippen molar-refractivity contribution in [3.63, 3.8) is 0 Å². The van der Waals surface area contributed by atoms with Crippen molar-refractivity contribution in [1.29, 1.82) is 0 Å². The Morgan fingerprint density at radius 2 is 1.85 bits per heavy atom. The fourth-order valence-electron chi connectivity index (χ4n) is 1.90. The molecule has 2 rings (SSSR count). The van der Waals surface area contributed by atoms with E-state index in [9.17, 15) is 9.90 Å². The predicted molar refractivity (Wildman–Crippen MR) is 78.4 cm³/mol. The summed E-state index contributed by atoms with van der Waals surface area (Å²) in [6.07, 6.45) is -0.595. The van der Waals surface area contributed by atoms with Crippen LogP contribution in [0.3, 0.4) is 0 Å². The number of carbonyl (C=O) groups is 1. The minimum atomic E-state index is -0.983. The Bertz CT molecular complexity index is 593. The summed E-state index contributed by atoms with van der Waals surface area (Å²) < 4.78 is 5.53. The highest BCUT2D eigenvalue weighted by Crippen LogP contribution is 2.19. The van der Waals surface area contributed by atoms with E-state index in [1.165, 1.54) is 0 Å². The summed E-state index contributed by atoms with van der Waals surface area (Å²) >= 11 is 5.79. The molecule has 0 spiro atoms. The quantitative estimate of drug-likeness (QED) is 0.913. The first-order chi connectivity index (χ1) is 9.56. The van der Waals surface area contributed by atoms with Crippen molar-refractivity contribution in [2.24, 2.45) is 0 Å². The zero-order valence-corrected chi connectivity index (χ0v) is 11.8. The number of ether oxygens (including phenoxy) is 1. The highest BCUT2D eigenvalue weighted by Gasteiger charge is 2.20. The van der Waals surface area contributed by atoms with Gasteiger partial charge in [-0.2, -0.15) is 0 Å². The molecule has 4 heteroatoms. The van der Waals surface area contributed by atoms with Crippen LogP contribution in [0, 0.1) is 6.92 Å². The van der Waals surface area contributed by atoms with Gasteiger partial charge in [-0.3, -0.25) is 0 Å². The smallest absolute Gasteiger partial charge is 0.345 e. The van der Waals surface area contributed by atoms with Crippen molar-refractivity contribution in [3.8, 4) is 5.75 Å². The van der Waals surface area contributed by atoms with E-state index in [1.807, 2.05) is 31.2 Å². The lowest BCUT2D eigenvalue weighted by Crippen LogP contribution is -2.29. The molecule has 0 heterocycles. The normalized spacial score (nSPS) is 11.9. The maximum atomic E-state index is 11.3. The van der Waals surface area contributed by atoms with Crippen LogP contribution < -0.4 is 4.74 Å². The van der Waals surface area contributed by atoms with Crippen LogP contribution >= 0.6 is 11.6 Å². The summed E-state index contributed by atoms with van der Waals surface area (Å²) in [5, 5.41) is 9.88. The second kappa shape index (κ2) is 6.44. The van der Waals surface area contributed by atoms with Gasteiger partial charge in [-0.05, 0) is 42.3 Å². The number of hydrogen-bond donors (Lipinski definition) is 1. The van der Waals surface area contributed by atoms with Gasteiger partial charge in [0.1, 0.15) is 5.75 Å². The van der Waals surface area contributed by atoms with Gasteiger partial charge in [0.25, 0.3) is 0 Å². The molecule has 104 valence electrons. The Kier molecular flexibility index (Phi) is 4.64. The molecule has 0 bridgehead atoms. The molecule has 0 aliphatic carbocycles. The Labute approximate surface area is 122 Å². The van der Waals surface area contributed by atoms with Crippen LogP contribution in [0.25, 0.3) is 0 Å². The molecule has 0 fully saturated rings. The molecular formula is C16H15ClO3. The Hall–Kier alpha value is -2.00. The second-order valence-electron chi connectivity index (χ2n) is 4.53. The number of aryl methyl sites for hydroxylation is 1. The Morgan fingerprint density at radius 1 is 1.20 bits per heavy atom. The number of benzene rings is 2. The zero-order valence-electron chi connectivity index (χ0n) is 11.0. The molecule has 1 atom stereocenters. The van der Waals surface area contributed by atoms with Gasteiger partial charge in [0.15, 0.2) is 6.10 Å². The van der Waals surface area contributed by atoms with Crippen LogP contribution in [0.15, 0.2) is 48.5 Å². The third-order valence-corrected chi connectivity index (χ3v) is 3.29. The molecule has 2 aromatic carbocycles. The van der Waals surface area contributed by atoms with E-state index in [4.69, 9.17) is 16.3 Å². The molecule has 0 saturated heterocycles. The number of aliphatic carboxylic acids is 1. The van der Waals surface area contributed by atoms with Gasteiger partial charge in [0.05, 0.1) is 0 Å². The molecule has 0 radical (unpaired) electrons. The predicted octanol–water partition coefficient (Wildman–Crippen LogP) is 3.72. The third-order valence-electron chi connectivity index (χ3n) is 3.03. The molecular weight excluding hydrogens is 276 g/mol. The lowest BCUT2D eigenvalue weighted by Gasteiger charge is -2.16. The first-order valence-corrected chi connectivity index (χ1v) is 6.63. The van der Waals surface area contributed by atoms with Crippen LogP contribution in [-0.2, 0) is 11.2 Å². The average molecular weight is 291 g/mol. The molecule has 0 aromatic heterocycles. The van der Waals surface area contributed by atoms with Crippen LogP contribution in [0.1, 0.15) is 11.1 Å². The van der Waals surface area contributed by atoms with Gasteiger partial charge >= 0.3 is 5.97 Å². The maximum absolute atomic E-state index is 11.3. The lowest BCUT2D eigenvalue weighted by molar-refractivity contribution is -0.145. The fraction of sp³-hybridized carbons (Fsp3) is 0.188. The van der Waals surface area contributed by atoms with Crippen LogP contribution in [-0.4, -0.2) is 17.2 Å². The van der Waals surface area contributed by atoms with Gasteiger partial charge in [0.2, 0.25) is 0 Å². The van der Waals surface area contributed by atoms with E-state index in [2.05, 4.69) is 0 Å². The second-order valence-corrected chi connectivity index (χ2v) is 4.97. The number of carboxylic acid groups (broad SMARTS) is 1. The number of halogens is 1. The van der Waals surface area contributed by atoms with E-state index >= 15 is 0 Å². The molecule has 0 aliphatic heterocycles. The van der Waals surface area contributed by atoms with E-state index in [1.54, 1.807) is 24.3 Å². The monoisotopic (exact) mass is 290 g/mol. The number of rotatable bonds is 5. The fourth-order valence-corrected chi connectivity index (χ4v) is 2.02. The van der Waals surface area contributed by atoms with Crippen LogP contribution in [0.2, 0.25) is 5.02 Å². The lowest BCUT2D eigenvalue weighted by atomic mass is 10.0. The summed E-state index contributed by atoms with van der Waals surface area (Å²) in [6.45, 7) is 1.95. The van der Waals surface area contributed by atoms with Crippen LogP contribution in [0.5, 0.6) is 5.75 Å². The first kappa shape index (κ1) is 14.4. The average Bonchev–Trinajstić information content (AvgIpc) is 2.42. The molecule has 0 aliphatic rings. The van der Waals surface area contributed by atoms with Crippen LogP contribution in [0.4, 0.5) is 0 Å². The van der Waals surface area contributed by atoms with E-state index in [-0.39, 0.29) is 0 Å². The van der Waals surface area contributed by atoms with E-state index in [0.717, 1.165) is 11.1 Å². The summed E-state index contributed by atoms with van der Waals surface area (Å²) in [7, 11) is 0. The molecule has 20 heavy (non-hydrogen) atoms. The maximum Gasteiger partial charge on any atom is 0.345 e. The molecule has 0 amide bonds. The van der Waals surface area contributed by atoms with Crippen molar-refractivity contribution < 1.29 is 14.6 Å². The molecule has 0 unspecified atom stereocenters. The van der Waals surface area contributed by atoms with Crippen molar-refractivity contribution in [3.05, 3.63) is 64.7 Å². The summed E-state index contributed by atoms with van der Waals surface area (Å²) in [4.78, 5) is 11.3. The number of hydrogen-bond acceptors (Lipinski definition) is 2. The van der Waals surface area contributed by atoms with Crippen molar-refractivity contribution in [2.75, 3.05) is 0 Å². The SMILES string of the molecule is Cc1ccccc1C[C@@H](Oc1ccc(Cl)cc1)C(=O)O. The standard InChI is InChI=1S/C16H15ClO3/c1-11-4-2-3-5-12(11)10-15(16(18)19)20-14-8-6-13(17)7-9-14/h2-9,15H,10H2,1H3,(H,18,19)/t15-/m1/s1. The zero-order chi connectivity index (χ0) is 14.5. The summed E-state index contributed by atoms with van der Waals surface area (Å²) in [5.41, 5.74) is 2.02. The topological polar surface area (TPSA) is 46.5 Å². The van der Waals surface area contributed by atoms with Gasteiger partial charge < -0.3 is 9.84 Å². The van der Waals surface area contributed by atoms with Gasteiger partial charge in [0, 0.05) is 11.4 Å². The Morgan fingerprint density at radius 3 is 2.45 bits per heavy atom. The van der Waals surface area contributed by atoms with Gasteiger partial charge in [-0.1, -0.05) is 35.9 Å². The minimum absolute atomic E-state index is 0.324. The van der Waals surface area contributed by atoms with Crippen molar-refractivity contribution >= 4 is 17.6 Å². The highest BCUT2D eigenvalue weighted by atomic mass is 35.5. The van der Waals surface area contributed by atoms with Gasteiger partial charge in [-0.25, -0.2) is 4.79 Å². The van der Waals surface area contributed by atoms with Crippen molar-refractivity contribution in [2.45, 2.75) is 19.4 Å². The highest BCUT2D eigenvalue weighted by molar-refractivity contribution is 6.30. The van der Waals surface area contributed by atoms with Gasteiger partial charge in [-0.15, -0.1) is 0 Å².